The van der Waals surface area contributed by atoms with E-state index in [1.54, 1.807) is 19.1 Å². The molecule has 0 saturated heterocycles. The molecule has 7 heteroatoms. The lowest BCUT2D eigenvalue weighted by molar-refractivity contribution is -0.157. The summed E-state index contributed by atoms with van der Waals surface area (Å²) >= 11 is 0. The zero-order chi connectivity index (χ0) is 23.6. The summed E-state index contributed by atoms with van der Waals surface area (Å²) in [6, 6.07) is 0. The highest BCUT2D eigenvalue weighted by Gasteiger charge is 2.31. The zero-order valence-electron chi connectivity index (χ0n) is 19.7. The van der Waals surface area contributed by atoms with Crippen LogP contribution in [0.15, 0.2) is 47.3 Å². The third kappa shape index (κ3) is 8.36. The Morgan fingerprint density at radius 3 is 2.48 bits per heavy atom. The highest BCUT2D eigenvalue weighted by molar-refractivity contribution is 7.09. The lowest BCUT2D eigenvalue weighted by atomic mass is 9.87. The number of hydrogen-bond donors (Lipinski definition) is 0. The molecule has 1 heterocycles. The van der Waals surface area contributed by atoms with Gasteiger partial charge in [0.1, 0.15) is 18.5 Å². The summed E-state index contributed by atoms with van der Waals surface area (Å²) in [5, 5.41) is 0. The number of carbonyl (C=O) groups is 2. The molecule has 0 saturated carbocycles. The van der Waals surface area contributed by atoms with Gasteiger partial charge in [-0.1, -0.05) is 56.2 Å². The summed E-state index contributed by atoms with van der Waals surface area (Å²) in [5.41, 5.74) is 2.03. The van der Waals surface area contributed by atoms with Gasteiger partial charge in [0.25, 0.3) is 0 Å². The van der Waals surface area contributed by atoms with Gasteiger partial charge in [0.2, 0.25) is 5.76 Å². The Hall–Kier alpha value is -1.75. The van der Waals surface area contributed by atoms with E-state index in [1.165, 1.54) is 19.8 Å². The van der Waals surface area contributed by atoms with E-state index in [2.05, 4.69) is 30.2 Å². The van der Waals surface area contributed by atoms with Gasteiger partial charge in [-0.25, -0.2) is 4.79 Å². The highest BCUT2D eigenvalue weighted by Crippen LogP contribution is 2.27. The van der Waals surface area contributed by atoms with Crippen LogP contribution in [0, 0.1) is 17.8 Å². The van der Waals surface area contributed by atoms with E-state index in [0.717, 1.165) is 18.3 Å². The van der Waals surface area contributed by atoms with Crippen molar-refractivity contribution in [2.45, 2.75) is 59.4 Å². The number of ether oxygens (including phenoxy) is 3. The molecule has 1 aliphatic rings. The molecule has 7 atom stereocenters. The Kier molecular flexibility index (Phi) is 12.0. The molecule has 0 amide bonds. The Balaban J connectivity index is 3.47. The van der Waals surface area contributed by atoms with Crippen LogP contribution in [0.2, 0.25) is 0 Å². The molecule has 1 unspecified atom stereocenters. The van der Waals surface area contributed by atoms with E-state index < -0.39 is 24.1 Å². The minimum atomic E-state index is -0.788. The van der Waals surface area contributed by atoms with Gasteiger partial charge in [-0.05, 0) is 32.3 Å². The molecule has 1 rings (SSSR count). The molecular weight excluding hydrogens is 415 g/mol. The van der Waals surface area contributed by atoms with Gasteiger partial charge in [-0.2, -0.15) is 0 Å². The van der Waals surface area contributed by atoms with E-state index in [0.29, 0.717) is 0 Å². The number of hydrogen-bond acceptors (Lipinski definition) is 6. The topological polar surface area (TPSA) is 71.1 Å². The molecule has 31 heavy (non-hydrogen) atoms. The monoisotopic (exact) mass is 452 g/mol. The summed E-state index contributed by atoms with van der Waals surface area (Å²) in [6.07, 6.45) is 9.59. The summed E-state index contributed by atoms with van der Waals surface area (Å²) in [4.78, 5) is 24.3. The second-order valence-electron chi connectivity index (χ2n) is 8.23. The average molecular weight is 453 g/mol. The van der Waals surface area contributed by atoms with Crippen LogP contribution >= 0.6 is 9.47 Å². The van der Waals surface area contributed by atoms with E-state index >= 15 is 0 Å². The van der Waals surface area contributed by atoms with Gasteiger partial charge in [-0.3, -0.25) is 0 Å². The Morgan fingerprint density at radius 2 is 1.94 bits per heavy atom. The van der Waals surface area contributed by atoms with Crippen molar-refractivity contribution in [1.29, 1.82) is 0 Å². The minimum absolute atomic E-state index is 0.0175. The van der Waals surface area contributed by atoms with Gasteiger partial charge >= 0.3 is 5.97 Å². The first-order chi connectivity index (χ1) is 14.7. The first kappa shape index (κ1) is 27.3. The number of esters is 1. The maximum atomic E-state index is 12.8. The second-order valence-corrected chi connectivity index (χ2v) is 8.50. The third-order valence-corrected chi connectivity index (χ3v) is 5.75. The Labute approximate surface area is 189 Å². The van der Waals surface area contributed by atoms with E-state index in [4.69, 9.17) is 18.7 Å². The van der Waals surface area contributed by atoms with Gasteiger partial charge in [0.05, 0.1) is 19.1 Å². The number of aldehydes is 1. The molecular formula is C24H37O6P. The van der Waals surface area contributed by atoms with E-state index in [9.17, 15) is 9.59 Å². The van der Waals surface area contributed by atoms with Gasteiger partial charge in [0.15, 0.2) is 0 Å². The van der Waals surface area contributed by atoms with Crippen molar-refractivity contribution in [3.8, 4) is 0 Å². The second kappa shape index (κ2) is 13.6. The maximum absolute atomic E-state index is 12.8. The average Bonchev–Trinajstić information content (AvgIpc) is 2.72. The van der Waals surface area contributed by atoms with Crippen molar-refractivity contribution in [1.82, 2.24) is 0 Å². The molecule has 0 fully saturated rings. The van der Waals surface area contributed by atoms with Crippen molar-refractivity contribution >= 4 is 21.7 Å². The van der Waals surface area contributed by atoms with Gasteiger partial charge < -0.3 is 23.5 Å². The fourth-order valence-corrected chi connectivity index (χ4v) is 4.33. The van der Waals surface area contributed by atoms with Crippen LogP contribution in [0.1, 0.15) is 41.0 Å². The van der Waals surface area contributed by atoms with Crippen molar-refractivity contribution in [3.63, 3.8) is 0 Å². The summed E-state index contributed by atoms with van der Waals surface area (Å²) in [5.74, 6) is -0.775. The Morgan fingerprint density at radius 1 is 1.26 bits per heavy atom. The van der Waals surface area contributed by atoms with E-state index in [-0.39, 0.29) is 23.7 Å². The predicted molar refractivity (Wildman–Crippen MR) is 125 cm³/mol. The molecule has 0 aromatic carbocycles. The summed E-state index contributed by atoms with van der Waals surface area (Å²) in [6.45, 7) is 9.90. The molecule has 0 radical (unpaired) electrons. The Bertz CT molecular complexity index is 724. The van der Waals surface area contributed by atoms with Crippen LogP contribution in [0.4, 0.5) is 0 Å². The fraction of sp³-hybridized carbons (Fsp3) is 0.583. The highest BCUT2D eigenvalue weighted by atomic mass is 31.0. The molecule has 0 aromatic rings. The molecule has 0 spiro atoms. The molecule has 0 bridgehead atoms. The third-order valence-electron chi connectivity index (χ3n) is 5.44. The molecule has 1 aliphatic heterocycles. The van der Waals surface area contributed by atoms with E-state index in [1.807, 2.05) is 25.2 Å². The lowest BCUT2D eigenvalue weighted by Crippen LogP contribution is -2.38. The summed E-state index contributed by atoms with van der Waals surface area (Å²) in [7, 11) is 5.31. The van der Waals surface area contributed by atoms with Crippen molar-refractivity contribution in [3.05, 3.63) is 47.3 Å². The quantitative estimate of drug-likeness (QED) is 0.346. The summed E-state index contributed by atoms with van der Waals surface area (Å²) < 4.78 is 22.2. The van der Waals surface area contributed by atoms with Crippen molar-refractivity contribution in [2.24, 2.45) is 17.8 Å². The SMILES string of the molecule is CO/C1=C\C(C)=C\[C@@H](C)[C@@H](OP)[C@@H](C)C/C(C)=C/C=C/[C@H](OC)[C@@H]([C@@H](C)C=O)OC1=O. The normalized spacial score (nSPS) is 35.9. The first-order valence-electron chi connectivity index (χ1n) is 10.5. The zero-order valence-corrected chi connectivity index (χ0v) is 20.8. The number of methoxy groups -OCH3 is 2. The predicted octanol–water partition coefficient (Wildman–Crippen LogP) is 4.58. The lowest BCUT2D eigenvalue weighted by Gasteiger charge is -2.28. The number of rotatable bonds is 5. The van der Waals surface area contributed by atoms with Crippen LogP contribution < -0.4 is 0 Å². The van der Waals surface area contributed by atoms with Crippen molar-refractivity contribution < 1.29 is 28.3 Å². The maximum Gasteiger partial charge on any atom is 0.373 e. The van der Waals surface area contributed by atoms with Crippen LogP contribution in [-0.2, 0) is 28.3 Å². The van der Waals surface area contributed by atoms with Crippen LogP contribution in [0.3, 0.4) is 0 Å². The van der Waals surface area contributed by atoms with Gasteiger partial charge in [0, 0.05) is 22.5 Å². The van der Waals surface area contributed by atoms with Crippen LogP contribution in [0.5, 0.6) is 0 Å². The molecule has 6 nitrogen and oxygen atoms in total. The van der Waals surface area contributed by atoms with Crippen LogP contribution in [-0.4, -0.2) is 44.8 Å². The standard InChI is InChI=1S/C24H37O6P/c1-15-9-8-10-20(27-6)23(19(5)14-25)29-24(26)21(28-7)13-16(2)12-18(4)22(30-31)17(3)11-15/h8-10,12-14,17-20,22-23H,11,31H2,1-7H3/b10-8+,15-9+,16-12+,21-13-/t17-,18+,19-,20-,22-,23+/m0/s1. The number of carbonyl (C=O) groups excluding carboxylic acids is 2. The smallest absolute Gasteiger partial charge is 0.373 e. The fourth-order valence-electron chi connectivity index (χ4n) is 3.82. The van der Waals surface area contributed by atoms with Gasteiger partial charge in [-0.15, -0.1) is 0 Å². The molecule has 0 N–H and O–H groups in total. The minimum Gasteiger partial charge on any atom is -0.490 e. The molecule has 174 valence electrons. The molecule has 0 aromatic heterocycles. The van der Waals surface area contributed by atoms with Crippen molar-refractivity contribution in [2.75, 3.05) is 14.2 Å². The number of allylic oxidation sites excluding steroid dienone is 5. The first-order valence-corrected chi connectivity index (χ1v) is 11.0. The molecule has 0 aliphatic carbocycles. The van der Waals surface area contributed by atoms with Crippen LogP contribution in [0.25, 0.3) is 0 Å². The number of cyclic esters (lactones) is 1. The largest absolute Gasteiger partial charge is 0.490 e.